The average molecular weight is 271 g/mol. The van der Waals surface area contributed by atoms with Crippen LogP contribution < -0.4 is 10.2 Å². The highest BCUT2D eigenvalue weighted by molar-refractivity contribution is 5.85. The van der Waals surface area contributed by atoms with E-state index in [1.807, 2.05) is 0 Å². The fourth-order valence-corrected chi connectivity index (χ4v) is 2.63. The number of nitrogens with one attached hydrogen (secondary N) is 1. The number of morpholine rings is 1. The van der Waals surface area contributed by atoms with E-state index >= 15 is 0 Å². The lowest BCUT2D eigenvalue weighted by molar-refractivity contribution is 0.122. The van der Waals surface area contributed by atoms with E-state index in [2.05, 4.69) is 48.3 Å². The van der Waals surface area contributed by atoms with E-state index in [0.717, 1.165) is 44.2 Å². The highest BCUT2D eigenvalue weighted by atomic mass is 16.5. The molecule has 0 spiro atoms. The minimum absolute atomic E-state index is 0.814. The Morgan fingerprint density at radius 1 is 1.25 bits per heavy atom. The second-order valence-corrected chi connectivity index (χ2v) is 5.16. The largest absolute Gasteiger partial charge is 0.378 e. The van der Waals surface area contributed by atoms with Crippen molar-refractivity contribution in [3.8, 4) is 0 Å². The van der Waals surface area contributed by atoms with Crippen LogP contribution in [0.5, 0.6) is 0 Å². The van der Waals surface area contributed by atoms with E-state index in [9.17, 15) is 0 Å². The SMILES string of the molecule is CCNc1nc2ccc(N3CCOCC3)cc2cc1C. The maximum absolute atomic E-state index is 5.41. The molecule has 1 N–H and O–H groups in total. The van der Waals surface area contributed by atoms with Gasteiger partial charge in [0.15, 0.2) is 0 Å². The lowest BCUT2D eigenvalue weighted by atomic mass is 10.1. The molecule has 1 fully saturated rings. The molecular weight excluding hydrogens is 250 g/mol. The number of rotatable bonds is 3. The second kappa shape index (κ2) is 5.67. The molecule has 2 aromatic rings. The minimum atomic E-state index is 0.814. The van der Waals surface area contributed by atoms with Gasteiger partial charge in [0.25, 0.3) is 0 Å². The Labute approximate surface area is 119 Å². The monoisotopic (exact) mass is 271 g/mol. The first-order valence-corrected chi connectivity index (χ1v) is 7.26. The van der Waals surface area contributed by atoms with Crippen LogP contribution in [-0.4, -0.2) is 37.8 Å². The molecule has 0 bridgehead atoms. The molecule has 1 aliphatic heterocycles. The van der Waals surface area contributed by atoms with Crippen LogP contribution >= 0.6 is 0 Å². The maximum atomic E-state index is 5.41. The van der Waals surface area contributed by atoms with Gasteiger partial charge in [0.1, 0.15) is 5.82 Å². The highest BCUT2D eigenvalue weighted by Crippen LogP contribution is 2.25. The van der Waals surface area contributed by atoms with Crippen LogP contribution in [0, 0.1) is 6.92 Å². The molecular formula is C16H21N3O. The molecule has 4 nitrogen and oxygen atoms in total. The van der Waals surface area contributed by atoms with Gasteiger partial charge in [-0.25, -0.2) is 4.98 Å². The van der Waals surface area contributed by atoms with Gasteiger partial charge < -0.3 is 15.0 Å². The number of aromatic nitrogens is 1. The summed E-state index contributed by atoms with van der Waals surface area (Å²) in [5, 5.41) is 4.51. The van der Waals surface area contributed by atoms with Crippen LogP contribution in [0.2, 0.25) is 0 Å². The van der Waals surface area contributed by atoms with Gasteiger partial charge in [-0.1, -0.05) is 0 Å². The topological polar surface area (TPSA) is 37.4 Å². The number of hydrogen-bond acceptors (Lipinski definition) is 4. The number of hydrogen-bond donors (Lipinski definition) is 1. The quantitative estimate of drug-likeness (QED) is 0.931. The van der Waals surface area contributed by atoms with E-state index < -0.39 is 0 Å². The molecule has 0 unspecified atom stereocenters. The molecule has 20 heavy (non-hydrogen) atoms. The van der Waals surface area contributed by atoms with Gasteiger partial charge in [0.05, 0.1) is 18.7 Å². The molecule has 0 saturated carbocycles. The third kappa shape index (κ3) is 2.56. The molecule has 0 atom stereocenters. The number of aryl methyl sites for hydroxylation is 1. The zero-order valence-corrected chi connectivity index (χ0v) is 12.1. The third-order valence-electron chi connectivity index (χ3n) is 3.71. The van der Waals surface area contributed by atoms with E-state index in [0.29, 0.717) is 0 Å². The Balaban J connectivity index is 1.96. The average Bonchev–Trinajstić information content (AvgIpc) is 2.49. The zero-order chi connectivity index (χ0) is 13.9. The summed E-state index contributed by atoms with van der Waals surface area (Å²) in [6.07, 6.45) is 0. The molecule has 1 aromatic carbocycles. The van der Waals surface area contributed by atoms with Crippen molar-refractivity contribution in [2.24, 2.45) is 0 Å². The summed E-state index contributed by atoms with van der Waals surface area (Å²) < 4.78 is 5.41. The second-order valence-electron chi connectivity index (χ2n) is 5.16. The van der Waals surface area contributed by atoms with Gasteiger partial charge >= 0.3 is 0 Å². The van der Waals surface area contributed by atoms with Crippen LogP contribution in [0.4, 0.5) is 11.5 Å². The van der Waals surface area contributed by atoms with Crippen molar-refractivity contribution in [1.29, 1.82) is 0 Å². The van der Waals surface area contributed by atoms with Crippen LogP contribution in [0.3, 0.4) is 0 Å². The van der Waals surface area contributed by atoms with Crippen molar-refractivity contribution in [2.45, 2.75) is 13.8 Å². The van der Waals surface area contributed by atoms with E-state index in [1.54, 1.807) is 0 Å². The van der Waals surface area contributed by atoms with Crippen molar-refractivity contribution in [3.63, 3.8) is 0 Å². The van der Waals surface area contributed by atoms with Gasteiger partial charge in [-0.3, -0.25) is 0 Å². The first-order valence-electron chi connectivity index (χ1n) is 7.26. The molecule has 1 saturated heterocycles. The smallest absolute Gasteiger partial charge is 0.129 e. The number of ether oxygens (including phenoxy) is 1. The summed E-state index contributed by atoms with van der Waals surface area (Å²) >= 11 is 0. The van der Waals surface area contributed by atoms with E-state index in [-0.39, 0.29) is 0 Å². The lowest BCUT2D eigenvalue weighted by Crippen LogP contribution is -2.36. The van der Waals surface area contributed by atoms with Crippen LogP contribution in [0.1, 0.15) is 12.5 Å². The van der Waals surface area contributed by atoms with Gasteiger partial charge in [-0.2, -0.15) is 0 Å². The Morgan fingerprint density at radius 2 is 2.05 bits per heavy atom. The lowest BCUT2D eigenvalue weighted by Gasteiger charge is -2.29. The molecule has 0 aliphatic carbocycles. The molecule has 1 aromatic heterocycles. The first-order chi connectivity index (χ1) is 9.78. The predicted molar refractivity (Wildman–Crippen MR) is 83.7 cm³/mol. The van der Waals surface area contributed by atoms with Gasteiger partial charge in [0.2, 0.25) is 0 Å². The van der Waals surface area contributed by atoms with Crippen molar-refractivity contribution in [1.82, 2.24) is 4.98 Å². The predicted octanol–water partition coefficient (Wildman–Crippen LogP) is 2.81. The standard InChI is InChI=1S/C16H21N3O/c1-3-17-16-12(2)10-13-11-14(4-5-15(13)18-16)19-6-8-20-9-7-19/h4-5,10-11H,3,6-9H2,1-2H3,(H,17,18). The summed E-state index contributed by atoms with van der Waals surface area (Å²) in [6.45, 7) is 8.65. The summed E-state index contributed by atoms with van der Waals surface area (Å²) in [4.78, 5) is 7.07. The van der Waals surface area contributed by atoms with Crippen LogP contribution in [0.25, 0.3) is 10.9 Å². The van der Waals surface area contributed by atoms with Crippen molar-refractivity contribution < 1.29 is 4.74 Å². The fraction of sp³-hybridized carbons (Fsp3) is 0.438. The van der Waals surface area contributed by atoms with E-state index in [1.165, 1.54) is 16.6 Å². The number of nitrogens with zero attached hydrogens (tertiary/aromatic N) is 2. The molecule has 0 radical (unpaired) electrons. The first kappa shape index (κ1) is 13.2. The highest BCUT2D eigenvalue weighted by Gasteiger charge is 2.12. The minimum Gasteiger partial charge on any atom is -0.378 e. The Hall–Kier alpha value is -1.81. The maximum Gasteiger partial charge on any atom is 0.129 e. The summed E-state index contributed by atoms with van der Waals surface area (Å²) in [5.41, 5.74) is 3.50. The Kier molecular flexibility index (Phi) is 3.74. The fourth-order valence-electron chi connectivity index (χ4n) is 2.63. The van der Waals surface area contributed by atoms with Crippen molar-refractivity contribution in [3.05, 3.63) is 29.8 Å². The van der Waals surface area contributed by atoms with Gasteiger partial charge in [-0.05, 0) is 43.7 Å². The van der Waals surface area contributed by atoms with Gasteiger partial charge in [-0.15, -0.1) is 0 Å². The Morgan fingerprint density at radius 3 is 2.80 bits per heavy atom. The molecule has 0 amide bonds. The molecule has 3 rings (SSSR count). The van der Waals surface area contributed by atoms with Crippen LogP contribution in [-0.2, 0) is 4.74 Å². The third-order valence-corrected chi connectivity index (χ3v) is 3.71. The number of fused-ring (bicyclic) bond motifs is 1. The van der Waals surface area contributed by atoms with Crippen molar-refractivity contribution in [2.75, 3.05) is 43.1 Å². The van der Waals surface area contributed by atoms with Crippen LogP contribution in [0.15, 0.2) is 24.3 Å². The molecule has 4 heteroatoms. The van der Waals surface area contributed by atoms with Gasteiger partial charge in [0, 0.05) is 30.7 Å². The normalized spacial score (nSPS) is 15.6. The Bertz CT molecular complexity index is 606. The van der Waals surface area contributed by atoms with E-state index in [4.69, 9.17) is 9.72 Å². The molecule has 1 aliphatic rings. The zero-order valence-electron chi connectivity index (χ0n) is 12.1. The number of benzene rings is 1. The number of anilines is 2. The molecule has 106 valence electrons. The summed E-state index contributed by atoms with van der Waals surface area (Å²) in [7, 11) is 0. The summed E-state index contributed by atoms with van der Waals surface area (Å²) in [5.74, 6) is 0.985. The van der Waals surface area contributed by atoms with Crippen molar-refractivity contribution >= 4 is 22.4 Å². The molecule has 2 heterocycles. The number of pyridine rings is 1. The summed E-state index contributed by atoms with van der Waals surface area (Å²) in [6, 6.07) is 8.72.